The number of amides is 2. The van der Waals surface area contributed by atoms with Crippen molar-refractivity contribution in [2.24, 2.45) is 5.73 Å². The molecule has 0 saturated carbocycles. The fourth-order valence-electron chi connectivity index (χ4n) is 2.35. The number of hydrogen-bond acceptors (Lipinski definition) is 3. The first-order valence-electron chi connectivity index (χ1n) is 7.14. The Balaban J connectivity index is 2.09. The Labute approximate surface area is 120 Å². The van der Waals surface area contributed by atoms with E-state index < -0.39 is 0 Å². The van der Waals surface area contributed by atoms with Gasteiger partial charge in [-0.1, -0.05) is 18.2 Å². The Morgan fingerprint density at radius 2 is 2.30 bits per heavy atom. The van der Waals surface area contributed by atoms with Crippen LogP contribution in [0.2, 0.25) is 0 Å². The van der Waals surface area contributed by atoms with Gasteiger partial charge in [-0.05, 0) is 37.9 Å². The van der Waals surface area contributed by atoms with Gasteiger partial charge in [0.1, 0.15) is 0 Å². The number of urea groups is 1. The lowest BCUT2D eigenvalue weighted by molar-refractivity contribution is 0.189. The molecule has 1 aromatic rings. The quantitative estimate of drug-likeness (QED) is 0.860. The summed E-state index contributed by atoms with van der Waals surface area (Å²) < 4.78 is 5.30. The minimum Gasteiger partial charge on any atom is -0.379 e. The van der Waals surface area contributed by atoms with Gasteiger partial charge in [-0.25, -0.2) is 4.79 Å². The van der Waals surface area contributed by atoms with E-state index in [1.165, 1.54) is 0 Å². The zero-order valence-electron chi connectivity index (χ0n) is 12.0. The van der Waals surface area contributed by atoms with Gasteiger partial charge in [-0.15, -0.1) is 0 Å². The highest BCUT2D eigenvalue weighted by atomic mass is 16.5. The molecule has 1 aromatic carbocycles. The standard InChI is InChI=1S/C15H23N3O2/c1-12-5-2-3-6-14(12)18(9-4-8-16)15(19)17-13-7-10-20-11-13/h2-3,5-6,13H,4,7-11,16H2,1H3,(H,17,19). The lowest BCUT2D eigenvalue weighted by Gasteiger charge is -2.26. The largest absolute Gasteiger partial charge is 0.379 e. The molecule has 1 fully saturated rings. The molecule has 20 heavy (non-hydrogen) atoms. The van der Waals surface area contributed by atoms with E-state index in [0.717, 1.165) is 30.7 Å². The number of anilines is 1. The molecule has 1 aliphatic rings. The SMILES string of the molecule is Cc1ccccc1N(CCCN)C(=O)NC1CCOC1. The minimum atomic E-state index is -0.0664. The zero-order chi connectivity index (χ0) is 14.4. The van der Waals surface area contributed by atoms with Crippen molar-refractivity contribution in [2.45, 2.75) is 25.8 Å². The van der Waals surface area contributed by atoms with Crippen LogP contribution < -0.4 is 16.0 Å². The van der Waals surface area contributed by atoms with E-state index in [1.807, 2.05) is 31.2 Å². The second-order valence-electron chi connectivity index (χ2n) is 5.09. The average molecular weight is 277 g/mol. The maximum atomic E-state index is 12.5. The van der Waals surface area contributed by atoms with Crippen molar-refractivity contribution in [3.63, 3.8) is 0 Å². The first-order valence-corrected chi connectivity index (χ1v) is 7.14. The topological polar surface area (TPSA) is 67.6 Å². The summed E-state index contributed by atoms with van der Waals surface area (Å²) in [5, 5.41) is 3.03. The second kappa shape index (κ2) is 7.26. The molecule has 1 atom stereocenters. The fraction of sp³-hybridized carbons (Fsp3) is 0.533. The third kappa shape index (κ3) is 3.71. The number of rotatable bonds is 5. The summed E-state index contributed by atoms with van der Waals surface area (Å²) in [6, 6.07) is 7.95. The van der Waals surface area contributed by atoms with Crippen molar-refractivity contribution in [1.82, 2.24) is 5.32 Å². The maximum Gasteiger partial charge on any atom is 0.322 e. The van der Waals surface area contributed by atoms with E-state index >= 15 is 0 Å². The molecule has 110 valence electrons. The van der Waals surface area contributed by atoms with Crippen LogP contribution in [0.4, 0.5) is 10.5 Å². The molecule has 0 spiro atoms. The molecule has 1 heterocycles. The van der Waals surface area contributed by atoms with Gasteiger partial charge in [0.25, 0.3) is 0 Å². The smallest absolute Gasteiger partial charge is 0.322 e. The Kier molecular flexibility index (Phi) is 5.38. The first kappa shape index (κ1) is 14.8. The maximum absolute atomic E-state index is 12.5. The predicted octanol–water partition coefficient (Wildman–Crippen LogP) is 1.65. The van der Waals surface area contributed by atoms with Gasteiger partial charge in [-0.3, -0.25) is 4.90 Å². The molecule has 1 unspecified atom stereocenters. The van der Waals surface area contributed by atoms with Crippen LogP contribution >= 0.6 is 0 Å². The van der Waals surface area contributed by atoms with E-state index in [4.69, 9.17) is 10.5 Å². The lowest BCUT2D eigenvalue weighted by Crippen LogP contribution is -2.46. The Hall–Kier alpha value is -1.59. The van der Waals surface area contributed by atoms with Gasteiger partial charge < -0.3 is 15.8 Å². The predicted molar refractivity (Wildman–Crippen MR) is 80.0 cm³/mol. The number of carbonyl (C=O) groups is 1. The van der Waals surface area contributed by atoms with Gasteiger partial charge in [0, 0.05) is 18.8 Å². The van der Waals surface area contributed by atoms with E-state index in [0.29, 0.717) is 19.7 Å². The van der Waals surface area contributed by atoms with Gasteiger partial charge in [0.2, 0.25) is 0 Å². The fourth-order valence-corrected chi connectivity index (χ4v) is 2.35. The van der Waals surface area contributed by atoms with Crippen LogP contribution in [0.3, 0.4) is 0 Å². The van der Waals surface area contributed by atoms with Crippen molar-refractivity contribution in [3.8, 4) is 0 Å². The molecule has 0 radical (unpaired) electrons. The number of hydrogen-bond donors (Lipinski definition) is 2. The Bertz CT molecular complexity index is 444. The van der Waals surface area contributed by atoms with Crippen molar-refractivity contribution in [2.75, 3.05) is 31.2 Å². The molecule has 0 aliphatic carbocycles. The van der Waals surface area contributed by atoms with Crippen LogP contribution in [0.5, 0.6) is 0 Å². The molecule has 2 amide bonds. The van der Waals surface area contributed by atoms with Gasteiger partial charge in [0.15, 0.2) is 0 Å². The molecular formula is C15H23N3O2. The molecule has 0 bridgehead atoms. The molecule has 1 aliphatic heterocycles. The third-order valence-corrected chi connectivity index (χ3v) is 3.49. The van der Waals surface area contributed by atoms with E-state index in [1.54, 1.807) is 4.90 Å². The van der Waals surface area contributed by atoms with Crippen molar-refractivity contribution in [3.05, 3.63) is 29.8 Å². The van der Waals surface area contributed by atoms with E-state index in [-0.39, 0.29) is 12.1 Å². The number of nitrogens with one attached hydrogen (secondary N) is 1. The van der Waals surface area contributed by atoms with Crippen molar-refractivity contribution < 1.29 is 9.53 Å². The Morgan fingerprint density at radius 3 is 2.95 bits per heavy atom. The molecular weight excluding hydrogens is 254 g/mol. The van der Waals surface area contributed by atoms with E-state index in [9.17, 15) is 4.79 Å². The van der Waals surface area contributed by atoms with Crippen LogP contribution in [0, 0.1) is 6.92 Å². The van der Waals surface area contributed by atoms with Crippen LogP contribution in [0.1, 0.15) is 18.4 Å². The first-order chi connectivity index (χ1) is 9.72. The van der Waals surface area contributed by atoms with E-state index in [2.05, 4.69) is 5.32 Å². The van der Waals surface area contributed by atoms with Gasteiger partial charge in [-0.2, -0.15) is 0 Å². The average Bonchev–Trinajstić information content (AvgIpc) is 2.94. The van der Waals surface area contributed by atoms with Gasteiger partial charge >= 0.3 is 6.03 Å². The molecule has 5 nitrogen and oxygen atoms in total. The number of nitrogens with two attached hydrogens (primary N) is 1. The van der Waals surface area contributed by atoms with Crippen LogP contribution in [0.25, 0.3) is 0 Å². The molecule has 3 N–H and O–H groups in total. The van der Waals surface area contributed by atoms with Crippen LogP contribution in [-0.2, 0) is 4.74 Å². The summed E-state index contributed by atoms with van der Waals surface area (Å²) >= 11 is 0. The number of ether oxygens (including phenoxy) is 1. The highest BCUT2D eigenvalue weighted by Gasteiger charge is 2.22. The van der Waals surface area contributed by atoms with Crippen LogP contribution in [0.15, 0.2) is 24.3 Å². The number of nitrogens with zero attached hydrogens (tertiary/aromatic N) is 1. The monoisotopic (exact) mass is 277 g/mol. The van der Waals surface area contributed by atoms with Crippen molar-refractivity contribution >= 4 is 11.7 Å². The van der Waals surface area contributed by atoms with Crippen molar-refractivity contribution in [1.29, 1.82) is 0 Å². The summed E-state index contributed by atoms with van der Waals surface area (Å²) in [5.41, 5.74) is 7.61. The second-order valence-corrected chi connectivity index (χ2v) is 5.09. The highest BCUT2D eigenvalue weighted by Crippen LogP contribution is 2.20. The zero-order valence-corrected chi connectivity index (χ0v) is 12.0. The summed E-state index contributed by atoms with van der Waals surface area (Å²) in [6.45, 7) is 4.53. The van der Waals surface area contributed by atoms with Crippen LogP contribution in [-0.4, -0.2) is 38.4 Å². The highest BCUT2D eigenvalue weighted by molar-refractivity contribution is 5.92. The Morgan fingerprint density at radius 1 is 1.50 bits per heavy atom. The number of aryl methyl sites for hydroxylation is 1. The number of para-hydroxylation sites is 1. The summed E-state index contributed by atoms with van der Waals surface area (Å²) in [6.07, 6.45) is 1.66. The molecule has 0 aromatic heterocycles. The normalized spacial score (nSPS) is 18.0. The minimum absolute atomic E-state index is 0.0664. The van der Waals surface area contributed by atoms with Gasteiger partial charge in [0.05, 0.1) is 12.6 Å². The molecule has 1 saturated heterocycles. The number of benzene rings is 1. The summed E-state index contributed by atoms with van der Waals surface area (Å²) in [4.78, 5) is 14.3. The summed E-state index contributed by atoms with van der Waals surface area (Å²) in [5.74, 6) is 0. The lowest BCUT2D eigenvalue weighted by atomic mass is 10.1. The number of carbonyl (C=O) groups excluding carboxylic acids is 1. The molecule has 2 rings (SSSR count). The summed E-state index contributed by atoms with van der Waals surface area (Å²) in [7, 11) is 0. The molecule has 5 heteroatoms. The third-order valence-electron chi connectivity index (χ3n) is 3.49.